The van der Waals surface area contributed by atoms with Crippen LogP contribution in [0.2, 0.25) is 0 Å². The van der Waals surface area contributed by atoms with E-state index in [1.54, 1.807) is 6.20 Å². The SMILES string of the molecule is C=CCN(CC(=O)NCc1ccccn1)CC1CCCCC1. The van der Waals surface area contributed by atoms with E-state index in [1.165, 1.54) is 32.1 Å². The highest BCUT2D eigenvalue weighted by atomic mass is 16.2. The molecule has 4 heteroatoms. The Morgan fingerprint density at radius 3 is 2.86 bits per heavy atom. The molecule has 1 aliphatic carbocycles. The minimum Gasteiger partial charge on any atom is -0.349 e. The van der Waals surface area contributed by atoms with Crippen LogP contribution in [0.1, 0.15) is 37.8 Å². The molecule has 22 heavy (non-hydrogen) atoms. The molecule has 1 amide bonds. The summed E-state index contributed by atoms with van der Waals surface area (Å²) < 4.78 is 0. The number of nitrogens with zero attached hydrogens (tertiary/aromatic N) is 2. The van der Waals surface area contributed by atoms with Crippen LogP contribution >= 0.6 is 0 Å². The third-order valence-corrected chi connectivity index (χ3v) is 4.19. The van der Waals surface area contributed by atoms with Crippen molar-refractivity contribution in [2.75, 3.05) is 19.6 Å². The van der Waals surface area contributed by atoms with Gasteiger partial charge in [-0.25, -0.2) is 0 Å². The summed E-state index contributed by atoms with van der Waals surface area (Å²) >= 11 is 0. The number of hydrogen-bond acceptors (Lipinski definition) is 3. The lowest BCUT2D eigenvalue weighted by atomic mass is 9.89. The minimum atomic E-state index is 0.0586. The van der Waals surface area contributed by atoms with Crippen molar-refractivity contribution in [2.45, 2.75) is 38.6 Å². The van der Waals surface area contributed by atoms with E-state index in [1.807, 2.05) is 24.3 Å². The van der Waals surface area contributed by atoms with Gasteiger partial charge < -0.3 is 5.32 Å². The monoisotopic (exact) mass is 301 g/mol. The maximum Gasteiger partial charge on any atom is 0.234 e. The number of hydrogen-bond donors (Lipinski definition) is 1. The standard InChI is InChI=1S/C18H27N3O/c1-2-12-21(14-16-8-4-3-5-9-16)15-18(22)20-13-17-10-6-7-11-19-17/h2,6-7,10-11,16H,1,3-5,8-9,12-15H2,(H,20,22). The number of aromatic nitrogens is 1. The van der Waals surface area contributed by atoms with Crippen LogP contribution in [-0.4, -0.2) is 35.4 Å². The molecular weight excluding hydrogens is 274 g/mol. The predicted molar refractivity (Wildman–Crippen MR) is 89.3 cm³/mol. The first-order valence-corrected chi connectivity index (χ1v) is 8.28. The lowest BCUT2D eigenvalue weighted by Crippen LogP contribution is -2.39. The van der Waals surface area contributed by atoms with Crippen LogP contribution in [0.4, 0.5) is 0 Å². The molecule has 1 aromatic heterocycles. The minimum absolute atomic E-state index is 0.0586. The molecule has 1 fully saturated rings. The van der Waals surface area contributed by atoms with Crippen LogP contribution < -0.4 is 5.32 Å². The molecule has 0 radical (unpaired) electrons. The maximum atomic E-state index is 12.1. The molecule has 2 rings (SSSR count). The fourth-order valence-corrected chi connectivity index (χ4v) is 3.07. The number of nitrogens with one attached hydrogen (secondary N) is 1. The van der Waals surface area contributed by atoms with E-state index in [0.29, 0.717) is 13.1 Å². The Morgan fingerprint density at radius 1 is 1.36 bits per heavy atom. The average Bonchev–Trinajstić information content (AvgIpc) is 2.55. The fraction of sp³-hybridized carbons (Fsp3) is 0.556. The van der Waals surface area contributed by atoms with Crippen LogP contribution in [0.5, 0.6) is 0 Å². The fourth-order valence-electron chi connectivity index (χ4n) is 3.07. The topological polar surface area (TPSA) is 45.2 Å². The highest BCUT2D eigenvalue weighted by molar-refractivity contribution is 5.77. The molecule has 0 unspecified atom stereocenters. The molecule has 0 aliphatic heterocycles. The van der Waals surface area contributed by atoms with Crippen molar-refractivity contribution in [1.82, 2.24) is 15.2 Å². The lowest BCUT2D eigenvalue weighted by Gasteiger charge is -2.28. The highest BCUT2D eigenvalue weighted by Crippen LogP contribution is 2.24. The second-order valence-corrected chi connectivity index (χ2v) is 6.08. The van der Waals surface area contributed by atoms with E-state index >= 15 is 0 Å². The Labute approximate surface area is 133 Å². The van der Waals surface area contributed by atoms with Gasteiger partial charge in [0, 0.05) is 19.3 Å². The van der Waals surface area contributed by atoms with Crippen LogP contribution in [0.3, 0.4) is 0 Å². The Bertz CT molecular complexity index is 455. The Kier molecular flexibility index (Phi) is 7.10. The summed E-state index contributed by atoms with van der Waals surface area (Å²) in [7, 11) is 0. The quantitative estimate of drug-likeness (QED) is 0.751. The molecule has 0 saturated heterocycles. The van der Waals surface area contributed by atoms with E-state index in [-0.39, 0.29) is 5.91 Å². The molecule has 0 spiro atoms. The number of rotatable bonds is 8. The van der Waals surface area contributed by atoms with Gasteiger partial charge in [-0.3, -0.25) is 14.7 Å². The summed E-state index contributed by atoms with van der Waals surface area (Å²) in [5, 5.41) is 2.95. The van der Waals surface area contributed by atoms with Gasteiger partial charge in [0.2, 0.25) is 5.91 Å². The molecule has 1 heterocycles. The van der Waals surface area contributed by atoms with Gasteiger partial charge in [0.1, 0.15) is 0 Å². The maximum absolute atomic E-state index is 12.1. The van der Waals surface area contributed by atoms with Gasteiger partial charge in [-0.05, 0) is 30.9 Å². The highest BCUT2D eigenvalue weighted by Gasteiger charge is 2.18. The largest absolute Gasteiger partial charge is 0.349 e. The first-order valence-electron chi connectivity index (χ1n) is 8.28. The van der Waals surface area contributed by atoms with Crippen molar-refractivity contribution in [3.63, 3.8) is 0 Å². The normalized spacial score (nSPS) is 15.7. The zero-order valence-corrected chi connectivity index (χ0v) is 13.3. The van der Waals surface area contributed by atoms with Gasteiger partial charge in [-0.1, -0.05) is 31.4 Å². The van der Waals surface area contributed by atoms with Gasteiger partial charge in [0.05, 0.1) is 18.8 Å². The average molecular weight is 301 g/mol. The van der Waals surface area contributed by atoms with Crippen LogP contribution in [0, 0.1) is 5.92 Å². The molecule has 1 N–H and O–H groups in total. The molecule has 120 valence electrons. The Morgan fingerprint density at radius 2 is 2.18 bits per heavy atom. The summed E-state index contributed by atoms with van der Waals surface area (Å²) in [5.41, 5.74) is 0.887. The van der Waals surface area contributed by atoms with Crippen molar-refractivity contribution in [1.29, 1.82) is 0 Å². The Hall–Kier alpha value is -1.68. The smallest absolute Gasteiger partial charge is 0.234 e. The molecule has 1 saturated carbocycles. The number of carbonyl (C=O) groups is 1. The second-order valence-electron chi connectivity index (χ2n) is 6.08. The molecule has 4 nitrogen and oxygen atoms in total. The van der Waals surface area contributed by atoms with Gasteiger partial charge in [0.15, 0.2) is 0 Å². The third kappa shape index (κ3) is 5.98. The first kappa shape index (κ1) is 16.7. The zero-order valence-electron chi connectivity index (χ0n) is 13.3. The number of amides is 1. The van der Waals surface area contributed by atoms with E-state index in [4.69, 9.17) is 0 Å². The molecule has 1 aromatic rings. The lowest BCUT2D eigenvalue weighted by molar-refractivity contribution is -0.122. The summed E-state index contributed by atoms with van der Waals surface area (Å²) in [5.74, 6) is 0.792. The van der Waals surface area contributed by atoms with Gasteiger partial charge >= 0.3 is 0 Å². The summed E-state index contributed by atoms with van der Waals surface area (Å²) in [4.78, 5) is 18.5. The molecular formula is C18H27N3O. The van der Waals surface area contributed by atoms with Crippen LogP contribution in [-0.2, 0) is 11.3 Å². The van der Waals surface area contributed by atoms with E-state index in [0.717, 1.165) is 24.7 Å². The van der Waals surface area contributed by atoms with Crippen molar-refractivity contribution in [3.05, 3.63) is 42.7 Å². The van der Waals surface area contributed by atoms with Gasteiger partial charge in [0.25, 0.3) is 0 Å². The zero-order chi connectivity index (χ0) is 15.6. The summed E-state index contributed by atoms with van der Waals surface area (Å²) in [6.07, 6.45) is 10.2. The van der Waals surface area contributed by atoms with E-state index in [9.17, 15) is 4.79 Å². The van der Waals surface area contributed by atoms with E-state index < -0.39 is 0 Å². The van der Waals surface area contributed by atoms with Crippen LogP contribution in [0.25, 0.3) is 0 Å². The summed E-state index contributed by atoms with van der Waals surface area (Å²) in [6.45, 7) is 6.52. The molecule has 0 atom stereocenters. The predicted octanol–water partition coefficient (Wildman–Crippen LogP) is 2.77. The first-order chi connectivity index (χ1) is 10.8. The Balaban J connectivity index is 1.76. The van der Waals surface area contributed by atoms with Gasteiger partial charge in [-0.2, -0.15) is 0 Å². The van der Waals surface area contributed by atoms with Gasteiger partial charge in [-0.15, -0.1) is 6.58 Å². The van der Waals surface area contributed by atoms with Crippen molar-refractivity contribution < 1.29 is 4.79 Å². The number of pyridine rings is 1. The van der Waals surface area contributed by atoms with E-state index in [2.05, 4.69) is 21.8 Å². The van der Waals surface area contributed by atoms with Crippen molar-refractivity contribution in [3.8, 4) is 0 Å². The number of carbonyl (C=O) groups excluding carboxylic acids is 1. The molecule has 0 aromatic carbocycles. The van der Waals surface area contributed by atoms with Crippen LogP contribution in [0.15, 0.2) is 37.1 Å². The molecule has 0 bridgehead atoms. The van der Waals surface area contributed by atoms with Crippen molar-refractivity contribution >= 4 is 5.91 Å². The van der Waals surface area contributed by atoms with Crippen molar-refractivity contribution in [2.24, 2.45) is 5.92 Å². The summed E-state index contributed by atoms with van der Waals surface area (Å²) in [6, 6.07) is 5.73. The third-order valence-electron chi connectivity index (χ3n) is 4.19. The molecule has 1 aliphatic rings. The second kappa shape index (κ2) is 9.36.